The molecule has 0 spiro atoms. The number of methoxy groups -OCH3 is 1. The van der Waals surface area contributed by atoms with Gasteiger partial charge in [0, 0.05) is 18.7 Å². The van der Waals surface area contributed by atoms with Crippen LogP contribution in [0.4, 0.5) is 0 Å². The fourth-order valence-corrected chi connectivity index (χ4v) is 4.11. The zero-order valence-electron chi connectivity index (χ0n) is 14.1. The molecule has 24 heavy (non-hydrogen) atoms. The zero-order valence-corrected chi connectivity index (χ0v) is 14.9. The molecule has 1 unspecified atom stereocenters. The van der Waals surface area contributed by atoms with Crippen molar-refractivity contribution in [1.29, 1.82) is 0 Å². The van der Waals surface area contributed by atoms with E-state index < -0.39 is 6.10 Å². The summed E-state index contributed by atoms with van der Waals surface area (Å²) in [6.45, 7) is 1.91. The lowest BCUT2D eigenvalue weighted by Gasteiger charge is -2.37. The lowest BCUT2D eigenvalue weighted by molar-refractivity contribution is -0.134. The molecule has 1 saturated carbocycles. The SMILES string of the molecule is COc1ccccc1C(O)CNC(=O)[C@@]12CCCC[C@H]1CNC2.Cl. The fourth-order valence-electron chi connectivity index (χ4n) is 4.11. The summed E-state index contributed by atoms with van der Waals surface area (Å²) in [5, 5.41) is 16.8. The number of halogens is 1. The van der Waals surface area contributed by atoms with Crippen LogP contribution in [0.15, 0.2) is 24.3 Å². The van der Waals surface area contributed by atoms with Gasteiger partial charge in [-0.3, -0.25) is 4.79 Å². The van der Waals surface area contributed by atoms with E-state index in [4.69, 9.17) is 4.74 Å². The molecule has 1 heterocycles. The number of aliphatic hydroxyl groups is 1. The van der Waals surface area contributed by atoms with E-state index >= 15 is 0 Å². The van der Waals surface area contributed by atoms with Crippen molar-refractivity contribution in [3.63, 3.8) is 0 Å². The van der Waals surface area contributed by atoms with Crippen molar-refractivity contribution in [3.8, 4) is 5.75 Å². The molecule has 3 atom stereocenters. The molecule has 1 aromatic rings. The highest BCUT2D eigenvalue weighted by Crippen LogP contribution is 2.43. The number of ether oxygens (including phenoxy) is 1. The largest absolute Gasteiger partial charge is 0.496 e. The van der Waals surface area contributed by atoms with Gasteiger partial charge < -0.3 is 20.5 Å². The Balaban J connectivity index is 0.00000208. The molecule has 1 aromatic carbocycles. The maximum absolute atomic E-state index is 12.8. The quantitative estimate of drug-likeness (QED) is 0.756. The Labute approximate surface area is 149 Å². The molecular formula is C18H27ClN2O3. The Hall–Kier alpha value is -1.30. The average Bonchev–Trinajstić information content (AvgIpc) is 3.04. The van der Waals surface area contributed by atoms with Crippen LogP contribution >= 0.6 is 12.4 Å². The molecular weight excluding hydrogens is 328 g/mol. The van der Waals surface area contributed by atoms with Crippen LogP contribution < -0.4 is 15.4 Å². The molecule has 0 bridgehead atoms. The third-order valence-electron chi connectivity index (χ3n) is 5.44. The van der Waals surface area contributed by atoms with Gasteiger partial charge in [-0.05, 0) is 31.4 Å². The van der Waals surface area contributed by atoms with Crippen LogP contribution in [-0.4, -0.2) is 37.8 Å². The number of rotatable bonds is 5. The summed E-state index contributed by atoms with van der Waals surface area (Å²) >= 11 is 0. The Morgan fingerprint density at radius 2 is 2.25 bits per heavy atom. The Bertz CT molecular complexity index is 569. The normalized spacial score (nSPS) is 26.8. The van der Waals surface area contributed by atoms with Crippen molar-refractivity contribution in [2.24, 2.45) is 11.3 Å². The van der Waals surface area contributed by atoms with Crippen LogP contribution in [-0.2, 0) is 4.79 Å². The smallest absolute Gasteiger partial charge is 0.227 e. The second-order valence-electron chi connectivity index (χ2n) is 6.70. The molecule has 1 aliphatic carbocycles. The van der Waals surface area contributed by atoms with E-state index in [0.717, 1.165) is 32.4 Å². The Morgan fingerprint density at radius 1 is 1.46 bits per heavy atom. The minimum atomic E-state index is -0.761. The number of carbonyl (C=O) groups is 1. The molecule has 1 aliphatic heterocycles. The van der Waals surface area contributed by atoms with Gasteiger partial charge in [0.05, 0.1) is 18.6 Å². The lowest BCUT2D eigenvalue weighted by atomic mass is 9.67. The minimum Gasteiger partial charge on any atom is -0.496 e. The molecule has 1 saturated heterocycles. The summed E-state index contributed by atoms with van der Waals surface area (Å²) < 4.78 is 5.27. The van der Waals surface area contributed by atoms with Crippen LogP contribution in [0.3, 0.4) is 0 Å². The zero-order chi connectivity index (χ0) is 16.3. The van der Waals surface area contributed by atoms with Crippen molar-refractivity contribution in [2.45, 2.75) is 31.8 Å². The first kappa shape index (κ1) is 19.0. The number of hydrogen-bond donors (Lipinski definition) is 3. The Morgan fingerprint density at radius 3 is 3.04 bits per heavy atom. The minimum absolute atomic E-state index is 0. The summed E-state index contributed by atoms with van der Waals surface area (Å²) in [6.07, 6.45) is 3.63. The van der Waals surface area contributed by atoms with Gasteiger partial charge in [-0.25, -0.2) is 0 Å². The van der Waals surface area contributed by atoms with Crippen molar-refractivity contribution in [1.82, 2.24) is 10.6 Å². The summed E-state index contributed by atoms with van der Waals surface area (Å²) in [4.78, 5) is 12.8. The second-order valence-corrected chi connectivity index (χ2v) is 6.70. The topological polar surface area (TPSA) is 70.6 Å². The van der Waals surface area contributed by atoms with Gasteiger partial charge in [-0.2, -0.15) is 0 Å². The first-order valence-electron chi connectivity index (χ1n) is 8.47. The van der Waals surface area contributed by atoms with Crippen molar-refractivity contribution in [3.05, 3.63) is 29.8 Å². The van der Waals surface area contributed by atoms with Gasteiger partial charge in [0.25, 0.3) is 0 Å². The predicted molar refractivity (Wildman–Crippen MR) is 95.5 cm³/mol. The number of fused-ring (bicyclic) bond motifs is 1. The molecule has 2 fully saturated rings. The number of aliphatic hydroxyl groups excluding tert-OH is 1. The summed E-state index contributed by atoms with van der Waals surface area (Å²) in [6, 6.07) is 7.37. The molecule has 5 nitrogen and oxygen atoms in total. The highest BCUT2D eigenvalue weighted by Gasteiger charge is 2.49. The number of hydrogen-bond acceptors (Lipinski definition) is 4. The molecule has 1 amide bonds. The summed E-state index contributed by atoms with van der Waals surface area (Å²) in [5.74, 6) is 1.16. The highest BCUT2D eigenvalue weighted by atomic mass is 35.5. The fraction of sp³-hybridized carbons (Fsp3) is 0.611. The predicted octanol–water partition coefficient (Wildman–Crippen LogP) is 2.05. The first-order chi connectivity index (χ1) is 11.2. The third kappa shape index (κ3) is 3.53. The van der Waals surface area contributed by atoms with Gasteiger partial charge in [-0.15, -0.1) is 12.4 Å². The number of para-hydroxylation sites is 1. The van der Waals surface area contributed by atoms with Crippen LogP contribution in [0.5, 0.6) is 5.75 Å². The lowest BCUT2D eigenvalue weighted by Crippen LogP contribution is -2.48. The molecule has 2 aliphatic rings. The number of nitrogens with one attached hydrogen (secondary N) is 2. The van der Waals surface area contributed by atoms with E-state index in [1.807, 2.05) is 24.3 Å². The average molecular weight is 355 g/mol. The van der Waals surface area contributed by atoms with Gasteiger partial charge in [-0.1, -0.05) is 31.0 Å². The molecule has 0 radical (unpaired) electrons. The van der Waals surface area contributed by atoms with E-state index in [9.17, 15) is 9.90 Å². The summed E-state index contributed by atoms with van der Waals surface area (Å²) in [7, 11) is 1.58. The van der Waals surface area contributed by atoms with Gasteiger partial charge in [0.15, 0.2) is 0 Å². The van der Waals surface area contributed by atoms with E-state index in [2.05, 4.69) is 10.6 Å². The number of benzene rings is 1. The Kier molecular flexibility index (Phi) is 6.49. The summed E-state index contributed by atoms with van der Waals surface area (Å²) in [5.41, 5.74) is 0.427. The number of amides is 1. The monoisotopic (exact) mass is 354 g/mol. The van der Waals surface area contributed by atoms with E-state index in [1.54, 1.807) is 7.11 Å². The van der Waals surface area contributed by atoms with Crippen LogP contribution in [0.2, 0.25) is 0 Å². The molecule has 3 rings (SSSR count). The van der Waals surface area contributed by atoms with E-state index in [1.165, 1.54) is 6.42 Å². The van der Waals surface area contributed by atoms with Gasteiger partial charge >= 0.3 is 0 Å². The van der Waals surface area contributed by atoms with E-state index in [0.29, 0.717) is 17.2 Å². The molecule has 6 heteroatoms. The van der Waals surface area contributed by atoms with Crippen LogP contribution in [0, 0.1) is 11.3 Å². The van der Waals surface area contributed by atoms with E-state index in [-0.39, 0.29) is 30.3 Å². The maximum Gasteiger partial charge on any atom is 0.227 e. The van der Waals surface area contributed by atoms with Crippen LogP contribution in [0.25, 0.3) is 0 Å². The van der Waals surface area contributed by atoms with Gasteiger partial charge in [0.2, 0.25) is 5.91 Å². The standard InChI is InChI=1S/C18H26N2O3.ClH/c1-23-16-8-3-2-7-14(16)15(21)11-20-17(22)18-9-5-4-6-13(18)10-19-12-18;/h2-3,7-8,13,15,19,21H,4-6,9-12H2,1H3,(H,20,22);1H/t13-,15?,18+;/m0./s1. The first-order valence-corrected chi connectivity index (χ1v) is 8.47. The maximum atomic E-state index is 12.8. The van der Waals surface area contributed by atoms with Crippen LogP contribution in [0.1, 0.15) is 37.4 Å². The number of carbonyl (C=O) groups excluding carboxylic acids is 1. The van der Waals surface area contributed by atoms with Crippen molar-refractivity contribution >= 4 is 18.3 Å². The third-order valence-corrected chi connectivity index (χ3v) is 5.44. The molecule has 3 N–H and O–H groups in total. The van der Waals surface area contributed by atoms with Crippen molar-refractivity contribution in [2.75, 3.05) is 26.7 Å². The molecule has 0 aromatic heterocycles. The highest BCUT2D eigenvalue weighted by molar-refractivity contribution is 5.85. The second kappa shape index (κ2) is 8.19. The van der Waals surface area contributed by atoms with Gasteiger partial charge in [0.1, 0.15) is 5.75 Å². The van der Waals surface area contributed by atoms with Crippen molar-refractivity contribution < 1.29 is 14.6 Å². The molecule has 134 valence electrons.